The zero-order valence-electron chi connectivity index (χ0n) is 24.2. The van der Waals surface area contributed by atoms with Crippen molar-refractivity contribution in [2.75, 3.05) is 30.9 Å². The molecule has 1 saturated carbocycles. The van der Waals surface area contributed by atoms with Crippen LogP contribution < -0.4 is 20.3 Å². The summed E-state index contributed by atoms with van der Waals surface area (Å²) in [5.41, 5.74) is 1.32. The number of alkyl halides is 3. The van der Waals surface area contributed by atoms with Crippen molar-refractivity contribution in [3.8, 4) is 11.7 Å². The lowest BCUT2D eigenvalue weighted by atomic mass is 9.86. The molecule has 1 fully saturated rings. The molecule has 0 bridgehead atoms. The molecule has 2 heterocycles. The molecule has 2 aromatic carbocycles. The number of fused-ring (bicyclic) bond motifs is 1. The van der Waals surface area contributed by atoms with E-state index in [4.69, 9.17) is 52.2 Å². The Labute approximate surface area is 266 Å². The quantitative estimate of drug-likeness (QED) is 0.176. The minimum atomic E-state index is -5.08. The molecule has 3 N–H and O–H groups in total. The Kier molecular flexibility index (Phi) is 11.0. The maximum Gasteiger partial charge on any atom is 0.490 e. The first kappa shape index (κ1) is 33.7. The third-order valence-corrected chi connectivity index (χ3v) is 7.31. The van der Waals surface area contributed by atoms with Crippen LogP contribution in [0, 0.1) is 5.92 Å². The Bertz CT molecular complexity index is 1620. The topological polar surface area (TPSA) is 130 Å². The van der Waals surface area contributed by atoms with Crippen molar-refractivity contribution in [2.45, 2.75) is 37.9 Å². The second-order valence-electron chi connectivity index (χ2n) is 10.5. The van der Waals surface area contributed by atoms with Gasteiger partial charge in [0, 0.05) is 48.2 Å². The van der Waals surface area contributed by atoms with E-state index in [1.54, 1.807) is 24.3 Å². The number of carbonyl (C=O) groups excluding carboxylic acids is 1. The van der Waals surface area contributed by atoms with Gasteiger partial charge in [0.2, 0.25) is 5.95 Å². The normalized spacial score (nSPS) is 16.3. The molecule has 1 aliphatic rings. The molecule has 10 nitrogen and oxygen atoms in total. The van der Waals surface area contributed by atoms with Crippen molar-refractivity contribution in [3.05, 3.63) is 70.4 Å². The number of carbonyl (C=O) groups is 2. The van der Waals surface area contributed by atoms with Crippen LogP contribution in [-0.2, 0) is 4.79 Å². The van der Waals surface area contributed by atoms with Crippen LogP contribution in [0.4, 0.5) is 24.9 Å². The summed E-state index contributed by atoms with van der Waals surface area (Å²) >= 11 is 12.0. The fourth-order valence-corrected chi connectivity index (χ4v) is 5.20. The summed E-state index contributed by atoms with van der Waals surface area (Å²) in [5, 5.41) is 15.6. The number of hydrogen-bond donors (Lipinski definition) is 3. The third-order valence-electron chi connectivity index (χ3n) is 6.87. The number of amides is 1. The molecule has 15 heteroatoms. The van der Waals surface area contributed by atoms with Gasteiger partial charge in [0.05, 0.1) is 11.1 Å². The highest BCUT2D eigenvalue weighted by atomic mass is 35.5. The van der Waals surface area contributed by atoms with Crippen LogP contribution in [0.1, 0.15) is 36.0 Å². The number of furan rings is 1. The average molecular weight is 669 g/mol. The minimum Gasteiger partial charge on any atom is -0.475 e. The average Bonchev–Trinajstić information content (AvgIpc) is 3.44. The molecule has 0 radical (unpaired) electrons. The van der Waals surface area contributed by atoms with Gasteiger partial charge in [-0.15, -0.1) is 0 Å². The first-order chi connectivity index (χ1) is 21.3. The third kappa shape index (κ3) is 9.63. The van der Waals surface area contributed by atoms with Gasteiger partial charge in [0.15, 0.2) is 0 Å². The Morgan fingerprint density at radius 1 is 1.04 bits per heavy atom. The number of halogens is 5. The highest BCUT2D eigenvalue weighted by Crippen LogP contribution is 2.30. The van der Waals surface area contributed by atoms with Gasteiger partial charge < -0.3 is 29.8 Å². The van der Waals surface area contributed by atoms with Gasteiger partial charge in [-0.2, -0.15) is 18.2 Å². The lowest BCUT2D eigenvalue weighted by Crippen LogP contribution is -2.34. The van der Waals surface area contributed by atoms with E-state index < -0.39 is 12.1 Å². The first-order valence-electron chi connectivity index (χ1n) is 13.8. The first-order valence-corrected chi connectivity index (χ1v) is 14.6. The molecule has 0 aliphatic heterocycles. The monoisotopic (exact) mass is 667 g/mol. The fourth-order valence-electron chi connectivity index (χ4n) is 4.69. The molecule has 0 atom stereocenters. The van der Waals surface area contributed by atoms with Gasteiger partial charge in [0.1, 0.15) is 17.8 Å². The molecule has 0 spiro atoms. The second kappa shape index (κ2) is 14.7. The van der Waals surface area contributed by atoms with Gasteiger partial charge in [-0.25, -0.2) is 9.78 Å². The van der Waals surface area contributed by atoms with Crippen molar-refractivity contribution < 1.29 is 37.0 Å². The zero-order valence-corrected chi connectivity index (χ0v) is 25.7. The summed E-state index contributed by atoms with van der Waals surface area (Å²) in [6.07, 6.45) is 0.270. The van der Waals surface area contributed by atoms with E-state index in [-0.39, 0.29) is 11.9 Å². The SMILES string of the molecule is CN(C)c1nc(NC2CCC(CNC(=O)c3coc(Oc4cc(Cl)cc(Cl)c4)c3)CC2)nc2ccccc12.O=C(O)C(F)(F)F. The number of anilines is 2. The number of hydrogen-bond acceptors (Lipinski definition) is 8. The van der Waals surface area contributed by atoms with Crippen LogP contribution in [0.25, 0.3) is 10.9 Å². The molecule has 1 amide bonds. The lowest BCUT2D eigenvalue weighted by molar-refractivity contribution is -0.192. The number of aliphatic carboxylic acids is 1. The van der Waals surface area contributed by atoms with Crippen LogP contribution in [0.3, 0.4) is 0 Å². The fraction of sp³-hybridized carbons (Fsp3) is 0.333. The van der Waals surface area contributed by atoms with Crippen LogP contribution in [0.15, 0.2) is 59.2 Å². The van der Waals surface area contributed by atoms with Crippen molar-refractivity contribution in [1.29, 1.82) is 0 Å². The van der Waals surface area contributed by atoms with E-state index in [2.05, 4.69) is 10.6 Å². The predicted molar refractivity (Wildman–Crippen MR) is 165 cm³/mol. The van der Waals surface area contributed by atoms with Crippen LogP contribution in [0.2, 0.25) is 10.0 Å². The zero-order chi connectivity index (χ0) is 32.7. The van der Waals surface area contributed by atoms with E-state index in [9.17, 15) is 18.0 Å². The van der Waals surface area contributed by atoms with E-state index in [0.29, 0.717) is 45.8 Å². The van der Waals surface area contributed by atoms with Crippen molar-refractivity contribution in [3.63, 3.8) is 0 Å². The number of carboxylic acids is 1. The number of para-hydroxylation sites is 1. The Balaban J connectivity index is 0.000000591. The second-order valence-corrected chi connectivity index (χ2v) is 11.4. The highest BCUT2D eigenvalue weighted by molar-refractivity contribution is 6.34. The number of aromatic nitrogens is 2. The van der Waals surface area contributed by atoms with Gasteiger partial charge in [-0.3, -0.25) is 4.79 Å². The summed E-state index contributed by atoms with van der Waals surface area (Å²) in [6, 6.07) is 14.7. The molecule has 2 aromatic heterocycles. The van der Waals surface area contributed by atoms with E-state index >= 15 is 0 Å². The maximum atomic E-state index is 12.7. The number of nitrogens with one attached hydrogen (secondary N) is 2. The smallest absolute Gasteiger partial charge is 0.475 e. The molecule has 4 aromatic rings. The highest BCUT2D eigenvalue weighted by Gasteiger charge is 2.38. The summed E-state index contributed by atoms with van der Waals surface area (Å²) in [6.45, 7) is 0.605. The Hall–Kier alpha value is -4.23. The number of carboxylic acid groups (broad SMARTS) is 1. The summed E-state index contributed by atoms with van der Waals surface area (Å²) in [4.78, 5) is 33.0. The van der Waals surface area contributed by atoms with E-state index in [0.717, 1.165) is 42.4 Å². The van der Waals surface area contributed by atoms with Crippen LogP contribution >= 0.6 is 23.2 Å². The molecular weight excluding hydrogens is 638 g/mol. The maximum absolute atomic E-state index is 12.7. The number of rotatable bonds is 8. The molecule has 0 saturated heterocycles. The van der Waals surface area contributed by atoms with Crippen LogP contribution in [0.5, 0.6) is 11.7 Å². The van der Waals surface area contributed by atoms with Crippen molar-refractivity contribution in [2.24, 2.45) is 5.92 Å². The standard InChI is InChI=1S/C28H29Cl2N5O3.C2HF3O2/c1-35(2)26-23-5-3-4-6-24(23)33-28(34-26)32-21-9-7-17(8-10-21)15-31-27(36)18-11-25(37-16-18)38-22-13-19(29)12-20(30)14-22;3-2(4,5)1(6)7/h3-6,11-14,16-17,21H,7-10,15H2,1-2H3,(H,31,36)(H,32,33,34);(H,6,7). The van der Waals surface area contributed by atoms with Gasteiger partial charge in [0.25, 0.3) is 11.9 Å². The van der Waals surface area contributed by atoms with Gasteiger partial charge >= 0.3 is 12.1 Å². The largest absolute Gasteiger partial charge is 0.490 e. The minimum absolute atomic E-state index is 0.188. The predicted octanol–water partition coefficient (Wildman–Crippen LogP) is 7.42. The molecular formula is C30H30Cl2F3N5O5. The lowest BCUT2D eigenvalue weighted by Gasteiger charge is -2.29. The molecule has 5 rings (SSSR count). The van der Waals surface area contributed by atoms with E-state index in [1.807, 2.05) is 43.3 Å². The van der Waals surface area contributed by atoms with Gasteiger partial charge in [-0.1, -0.05) is 35.3 Å². The van der Waals surface area contributed by atoms with Gasteiger partial charge in [-0.05, 0) is 61.9 Å². The number of nitrogens with zero attached hydrogens (tertiary/aromatic N) is 3. The Morgan fingerprint density at radius 2 is 1.69 bits per heavy atom. The van der Waals surface area contributed by atoms with Crippen molar-refractivity contribution >= 4 is 57.7 Å². The summed E-state index contributed by atoms with van der Waals surface area (Å²) in [7, 11) is 3.98. The van der Waals surface area contributed by atoms with Crippen molar-refractivity contribution in [1.82, 2.24) is 15.3 Å². The number of ether oxygens (including phenoxy) is 1. The molecule has 0 unspecified atom stereocenters. The van der Waals surface area contributed by atoms with Crippen LogP contribution in [-0.4, -0.2) is 59.8 Å². The summed E-state index contributed by atoms with van der Waals surface area (Å²) in [5.74, 6) is -0.375. The Morgan fingerprint density at radius 3 is 2.31 bits per heavy atom. The number of benzene rings is 2. The molecule has 1 aliphatic carbocycles. The summed E-state index contributed by atoms with van der Waals surface area (Å²) < 4.78 is 42.8. The molecule has 240 valence electrons. The van der Waals surface area contributed by atoms with E-state index in [1.165, 1.54) is 6.26 Å². The molecule has 45 heavy (non-hydrogen) atoms.